The smallest absolute Gasteiger partial charge is 0.175 e. The lowest BCUT2D eigenvalue weighted by molar-refractivity contribution is 0.0853. The van der Waals surface area contributed by atoms with Gasteiger partial charge in [-0.2, -0.15) is 0 Å². The Labute approximate surface area is 162 Å². The normalized spacial score (nSPS) is 14.9. The van der Waals surface area contributed by atoms with E-state index in [9.17, 15) is 0 Å². The number of allylic oxidation sites excluding steroid dienone is 2. The molecule has 2 heterocycles. The van der Waals surface area contributed by atoms with E-state index in [1.807, 2.05) is 31.7 Å². The van der Waals surface area contributed by atoms with Crippen LogP contribution in [0.3, 0.4) is 0 Å². The van der Waals surface area contributed by atoms with Crippen LogP contribution in [0.25, 0.3) is 0 Å². The number of aliphatic imine (C=N–C) groups is 1. The van der Waals surface area contributed by atoms with Gasteiger partial charge >= 0.3 is 0 Å². The molecule has 5 nitrogen and oxygen atoms in total. The van der Waals surface area contributed by atoms with Crippen molar-refractivity contribution >= 4 is 11.5 Å². The zero-order valence-electron chi connectivity index (χ0n) is 16.6. The van der Waals surface area contributed by atoms with E-state index in [1.165, 1.54) is 5.56 Å². The summed E-state index contributed by atoms with van der Waals surface area (Å²) >= 11 is 0. The Morgan fingerprint density at radius 3 is 2.44 bits per heavy atom. The maximum atomic E-state index is 5.44. The van der Waals surface area contributed by atoms with E-state index in [0.29, 0.717) is 11.8 Å². The molecule has 3 rings (SSSR count). The Hall–Kier alpha value is -2.66. The fourth-order valence-electron chi connectivity index (χ4n) is 2.91. The highest BCUT2D eigenvalue weighted by Gasteiger charge is 2.15. The molecule has 0 aliphatic carbocycles. The largest absolute Gasteiger partial charge is 0.381 e. The lowest BCUT2D eigenvalue weighted by atomic mass is 9.92. The van der Waals surface area contributed by atoms with Crippen LogP contribution in [0, 0.1) is 0 Å². The molecule has 2 aromatic rings. The van der Waals surface area contributed by atoms with Crippen molar-refractivity contribution in [3.8, 4) is 0 Å². The average Bonchev–Trinajstić information content (AvgIpc) is 3.09. The first kappa shape index (κ1) is 20.6. The van der Waals surface area contributed by atoms with Gasteiger partial charge in [-0.05, 0) is 50.3 Å². The maximum absolute atomic E-state index is 5.44. The number of benzene rings is 1. The molecule has 1 N–H and O–H groups in total. The van der Waals surface area contributed by atoms with Gasteiger partial charge in [-0.15, -0.1) is 6.58 Å². The van der Waals surface area contributed by atoms with Gasteiger partial charge in [0.25, 0.3) is 0 Å². The van der Waals surface area contributed by atoms with Crippen molar-refractivity contribution < 1.29 is 4.74 Å². The molecule has 5 heteroatoms. The Balaban J connectivity index is 0.000000817. The molecule has 0 spiro atoms. The third-order valence-corrected chi connectivity index (χ3v) is 4.19. The summed E-state index contributed by atoms with van der Waals surface area (Å²) < 4.78 is 7.38. The van der Waals surface area contributed by atoms with Crippen LogP contribution in [0.2, 0.25) is 0 Å². The first-order valence-corrected chi connectivity index (χ1v) is 9.28. The minimum absolute atomic E-state index is 0.597. The van der Waals surface area contributed by atoms with Gasteiger partial charge < -0.3 is 14.6 Å². The first-order chi connectivity index (χ1) is 13.0. The predicted octanol–water partition coefficient (Wildman–Crippen LogP) is 4.71. The predicted molar refractivity (Wildman–Crippen MR) is 112 cm³/mol. The molecular formula is C22H30N4O. The standard InChI is InChI=1S/C19H24N4O.C3H6/c1-14(2)21-18(19-20-10-11-23(19)3)22-17-6-4-15(5-7-17)16-8-12-24-13-9-16;1-3-2/h4-7,10-11,16H,1,8-9,12-13H2,2-3H3,(H,21,22);3H,1H2,2H3. The molecule has 1 aromatic heterocycles. The van der Waals surface area contributed by atoms with Gasteiger partial charge in [0.15, 0.2) is 11.7 Å². The Morgan fingerprint density at radius 2 is 1.93 bits per heavy atom. The highest BCUT2D eigenvalue weighted by molar-refractivity contribution is 5.98. The fourth-order valence-corrected chi connectivity index (χ4v) is 2.91. The number of aryl methyl sites for hydroxylation is 1. The number of aromatic nitrogens is 2. The molecular weight excluding hydrogens is 336 g/mol. The van der Waals surface area contributed by atoms with E-state index in [1.54, 1.807) is 12.3 Å². The summed E-state index contributed by atoms with van der Waals surface area (Å²) in [4.78, 5) is 9.10. The quantitative estimate of drug-likeness (QED) is 0.484. The summed E-state index contributed by atoms with van der Waals surface area (Å²) in [6.45, 7) is 12.8. The van der Waals surface area contributed by atoms with Crippen molar-refractivity contribution in [3.05, 3.63) is 73.0 Å². The van der Waals surface area contributed by atoms with Gasteiger partial charge in [-0.25, -0.2) is 9.98 Å². The van der Waals surface area contributed by atoms with Gasteiger partial charge in [0.2, 0.25) is 0 Å². The van der Waals surface area contributed by atoms with E-state index >= 15 is 0 Å². The summed E-state index contributed by atoms with van der Waals surface area (Å²) in [6.07, 6.45) is 7.61. The molecule has 1 fully saturated rings. The second kappa shape index (κ2) is 10.5. The summed E-state index contributed by atoms with van der Waals surface area (Å²) in [5.74, 6) is 2.08. The molecule has 1 aliphatic rings. The number of hydrogen-bond acceptors (Lipinski definition) is 3. The van der Waals surface area contributed by atoms with E-state index in [4.69, 9.17) is 9.73 Å². The van der Waals surface area contributed by atoms with Crippen LogP contribution < -0.4 is 5.32 Å². The minimum atomic E-state index is 0.597. The van der Waals surface area contributed by atoms with Crippen molar-refractivity contribution in [3.63, 3.8) is 0 Å². The summed E-state index contributed by atoms with van der Waals surface area (Å²) in [6, 6.07) is 8.47. The number of nitrogens with one attached hydrogen (secondary N) is 1. The summed E-state index contributed by atoms with van der Waals surface area (Å²) in [7, 11) is 1.95. The molecule has 0 unspecified atom stereocenters. The van der Waals surface area contributed by atoms with Crippen LogP contribution in [0.4, 0.5) is 5.69 Å². The summed E-state index contributed by atoms with van der Waals surface area (Å²) in [5.41, 5.74) is 3.09. The molecule has 1 aliphatic heterocycles. The van der Waals surface area contributed by atoms with Gasteiger partial charge in [-0.1, -0.05) is 24.8 Å². The number of nitrogens with zero attached hydrogens (tertiary/aromatic N) is 3. The van der Waals surface area contributed by atoms with Crippen molar-refractivity contribution in [1.82, 2.24) is 14.9 Å². The lowest BCUT2D eigenvalue weighted by Gasteiger charge is -2.22. The molecule has 0 saturated carbocycles. The minimum Gasteiger partial charge on any atom is -0.381 e. The van der Waals surface area contributed by atoms with E-state index in [2.05, 4.69) is 47.7 Å². The Morgan fingerprint density at radius 1 is 1.30 bits per heavy atom. The molecule has 1 aromatic carbocycles. The average molecular weight is 367 g/mol. The maximum Gasteiger partial charge on any atom is 0.175 e. The Kier molecular flexibility index (Phi) is 8.01. The Bertz CT molecular complexity index is 768. The molecule has 27 heavy (non-hydrogen) atoms. The van der Waals surface area contributed by atoms with Crippen LogP contribution in [0.1, 0.15) is 44.0 Å². The van der Waals surface area contributed by atoms with Crippen LogP contribution >= 0.6 is 0 Å². The van der Waals surface area contributed by atoms with Crippen molar-refractivity contribution in [2.24, 2.45) is 12.0 Å². The van der Waals surface area contributed by atoms with Crippen molar-refractivity contribution in [2.75, 3.05) is 13.2 Å². The molecule has 0 radical (unpaired) electrons. The first-order valence-electron chi connectivity index (χ1n) is 9.28. The molecule has 1 saturated heterocycles. The van der Waals surface area contributed by atoms with Gasteiger partial charge in [0, 0.05) is 38.4 Å². The topological polar surface area (TPSA) is 51.4 Å². The third-order valence-electron chi connectivity index (χ3n) is 4.19. The van der Waals surface area contributed by atoms with Crippen LogP contribution in [0.15, 0.2) is 66.6 Å². The summed E-state index contributed by atoms with van der Waals surface area (Å²) in [5, 5.41) is 3.21. The van der Waals surface area contributed by atoms with Gasteiger partial charge in [-0.3, -0.25) is 0 Å². The second-order valence-corrected chi connectivity index (χ2v) is 6.61. The number of amidine groups is 1. The molecule has 0 atom stereocenters. The zero-order valence-corrected chi connectivity index (χ0v) is 16.6. The monoisotopic (exact) mass is 366 g/mol. The van der Waals surface area contributed by atoms with Gasteiger partial charge in [0.05, 0.1) is 5.69 Å². The second-order valence-electron chi connectivity index (χ2n) is 6.61. The lowest BCUT2D eigenvalue weighted by Crippen LogP contribution is -2.25. The van der Waals surface area contributed by atoms with Crippen molar-refractivity contribution in [1.29, 1.82) is 0 Å². The molecule has 144 valence electrons. The fraction of sp³-hybridized carbons (Fsp3) is 0.364. The number of imidazole rings is 1. The van der Waals surface area contributed by atoms with E-state index < -0.39 is 0 Å². The molecule has 0 amide bonds. The molecule has 0 bridgehead atoms. The highest BCUT2D eigenvalue weighted by Crippen LogP contribution is 2.28. The highest BCUT2D eigenvalue weighted by atomic mass is 16.5. The van der Waals surface area contributed by atoms with E-state index in [-0.39, 0.29) is 0 Å². The van der Waals surface area contributed by atoms with Crippen LogP contribution in [0.5, 0.6) is 0 Å². The zero-order chi connectivity index (χ0) is 19.6. The third kappa shape index (κ3) is 6.22. The van der Waals surface area contributed by atoms with Crippen molar-refractivity contribution in [2.45, 2.75) is 32.6 Å². The van der Waals surface area contributed by atoms with Crippen LogP contribution in [-0.4, -0.2) is 28.6 Å². The number of ether oxygens (including phenoxy) is 1. The van der Waals surface area contributed by atoms with Gasteiger partial charge in [0.1, 0.15) is 0 Å². The number of rotatable bonds is 4. The number of hydrogen-bond donors (Lipinski definition) is 1. The van der Waals surface area contributed by atoms with Crippen LogP contribution in [-0.2, 0) is 11.8 Å². The SMILES string of the molecule is C=C(C)NC(=Nc1ccc(C2CCOCC2)cc1)c1nccn1C.C=CC. The van der Waals surface area contributed by atoms with E-state index in [0.717, 1.165) is 43.3 Å².